The number of hydrogen-bond donors (Lipinski definition) is 3. The molecule has 6 nitrogen and oxygen atoms in total. The Bertz CT molecular complexity index is 1020. The van der Waals surface area contributed by atoms with E-state index in [2.05, 4.69) is 15.6 Å². The summed E-state index contributed by atoms with van der Waals surface area (Å²) in [7, 11) is 0. The molecule has 0 saturated carbocycles. The predicted molar refractivity (Wildman–Crippen MR) is 108 cm³/mol. The first-order valence-electron chi connectivity index (χ1n) is 8.67. The minimum atomic E-state index is -0.857. The molecule has 0 saturated heterocycles. The second-order valence-corrected chi connectivity index (χ2v) is 7.25. The van der Waals surface area contributed by atoms with E-state index in [0.717, 1.165) is 23.8 Å². The van der Waals surface area contributed by atoms with Crippen LogP contribution in [-0.2, 0) is 16.0 Å². The van der Waals surface area contributed by atoms with Gasteiger partial charge in [-0.05, 0) is 36.8 Å². The molecule has 0 aliphatic carbocycles. The van der Waals surface area contributed by atoms with Gasteiger partial charge in [-0.3, -0.25) is 9.59 Å². The largest absolute Gasteiger partial charge is 0.399 e. The van der Waals surface area contributed by atoms with Gasteiger partial charge in [-0.25, -0.2) is 13.8 Å². The zero-order valence-corrected chi connectivity index (χ0v) is 16.2. The number of thiazole rings is 1. The second kappa shape index (κ2) is 8.78. The molecule has 0 spiro atoms. The summed E-state index contributed by atoms with van der Waals surface area (Å²) in [5.74, 6) is -2.51. The van der Waals surface area contributed by atoms with E-state index in [1.165, 1.54) is 18.3 Å². The number of halogens is 2. The SMILES string of the molecule is C[C@H](NC(=O)Cc1cc(F)cc(F)c1)C(=O)Nc1nc(-c2ccc(N)cc2)cs1. The van der Waals surface area contributed by atoms with Gasteiger partial charge in [0.05, 0.1) is 12.1 Å². The van der Waals surface area contributed by atoms with Crippen molar-refractivity contribution in [2.24, 2.45) is 0 Å². The topological polar surface area (TPSA) is 97.1 Å². The lowest BCUT2D eigenvalue weighted by Crippen LogP contribution is -2.42. The van der Waals surface area contributed by atoms with Crippen molar-refractivity contribution in [3.05, 3.63) is 65.0 Å². The first-order valence-corrected chi connectivity index (χ1v) is 9.55. The Morgan fingerprint density at radius 2 is 1.79 bits per heavy atom. The Hall–Kier alpha value is -3.33. The summed E-state index contributed by atoms with van der Waals surface area (Å²) in [5, 5.41) is 7.32. The number of aromatic nitrogens is 1. The van der Waals surface area contributed by atoms with Crippen LogP contribution >= 0.6 is 11.3 Å². The van der Waals surface area contributed by atoms with Gasteiger partial charge < -0.3 is 16.4 Å². The van der Waals surface area contributed by atoms with Crippen molar-refractivity contribution in [1.29, 1.82) is 0 Å². The Kier molecular flexibility index (Phi) is 6.18. The van der Waals surface area contributed by atoms with Gasteiger partial charge in [-0.15, -0.1) is 11.3 Å². The van der Waals surface area contributed by atoms with Gasteiger partial charge >= 0.3 is 0 Å². The highest BCUT2D eigenvalue weighted by molar-refractivity contribution is 7.14. The van der Waals surface area contributed by atoms with Crippen molar-refractivity contribution in [2.45, 2.75) is 19.4 Å². The summed E-state index contributed by atoms with van der Waals surface area (Å²) in [6.45, 7) is 1.51. The summed E-state index contributed by atoms with van der Waals surface area (Å²) in [6, 6.07) is 9.18. The van der Waals surface area contributed by atoms with Crippen molar-refractivity contribution in [3.8, 4) is 11.3 Å². The van der Waals surface area contributed by atoms with E-state index in [1.807, 2.05) is 12.1 Å². The van der Waals surface area contributed by atoms with Crippen LogP contribution in [0.15, 0.2) is 47.8 Å². The molecule has 0 aliphatic rings. The van der Waals surface area contributed by atoms with Crippen molar-refractivity contribution in [1.82, 2.24) is 10.3 Å². The molecule has 3 aromatic rings. The van der Waals surface area contributed by atoms with Gasteiger partial charge in [0.1, 0.15) is 17.7 Å². The summed E-state index contributed by atoms with van der Waals surface area (Å²) in [4.78, 5) is 28.7. The quantitative estimate of drug-likeness (QED) is 0.537. The number of nitrogens with zero attached hydrogens (tertiary/aromatic N) is 1. The fraction of sp³-hybridized carbons (Fsp3) is 0.150. The van der Waals surface area contributed by atoms with E-state index in [9.17, 15) is 18.4 Å². The highest BCUT2D eigenvalue weighted by Crippen LogP contribution is 2.25. The minimum Gasteiger partial charge on any atom is -0.399 e. The number of anilines is 2. The number of carbonyl (C=O) groups excluding carboxylic acids is 2. The molecule has 9 heteroatoms. The molecule has 2 amide bonds. The lowest BCUT2D eigenvalue weighted by Gasteiger charge is -2.13. The van der Waals surface area contributed by atoms with E-state index in [4.69, 9.17) is 5.73 Å². The normalized spacial score (nSPS) is 11.7. The summed E-state index contributed by atoms with van der Waals surface area (Å²) in [5.41, 5.74) is 8.04. The molecule has 3 rings (SSSR count). The molecule has 29 heavy (non-hydrogen) atoms. The molecule has 0 radical (unpaired) electrons. The molecular formula is C20H18F2N4O2S. The fourth-order valence-corrected chi connectivity index (χ4v) is 3.31. The first kappa shape index (κ1) is 20.4. The van der Waals surface area contributed by atoms with Crippen molar-refractivity contribution < 1.29 is 18.4 Å². The van der Waals surface area contributed by atoms with Crippen LogP contribution in [0.1, 0.15) is 12.5 Å². The van der Waals surface area contributed by atoms with Crippen LogP contribution in [0.4, 0.5) is 19.6 Å². The smallest absolute Gasteiger partial charge is 0.248 e. The van der Waals surface area contributed by atoms with E-state index in [-0.39, 0.29) is 12.0 Å². The Labute approximate surface area is 169 Å². The Balaban J connectivity index is 1.56. The maximum absolute atomic E-state index is 13.2. The van der Waals surface area contributed by atoms with Crippen molar-refractivity contribution in [2.75, 3.05) is 11.1 Å². The molecule has 2 aromatic carbocycles. The summed E-state index contributed by atoms with van der Waals surface area (Å²) >= 11 is 1.25. The molecule has 0 aliphatic heterocycles. The standard InChI is InChI=1S/C20H18F2N4O2S/c1-11(24-18(27)8-12-6-14(21)9-15(22)7-12)19(28)26-20-25-17(10-29-20)13-2-4-16(23)5-3-13/h2-7,9-11H,8,23H2,1H3,(H,24,27)(H,25,26,28)/t11-/m0/s1. The summed E-state index contributed by atoms with van der Waals surface area (Å²) < 4.78 is 26.4. The third kappa shape index (κ3) is 5.58. The number of hydrogen-bond acceptors (Lipinski definition) is 5. The molecule has 1 aromatic heterocycles. The van der Waals surface area contributed by atoms with Crippen LogP contribution < -0.4 is 16.4 Å². The van der Waals surface area contributed by atoms with Crippen LogP contribution in [0.25, 0.3) is 11.3 Å². The molecular weight excluding hydrogens is 398 g/mol. The maximum atomic E-state index is 13.2. The minimum absolute atomic E-state index is 0.181. The van der Waals surface area contributed by atoms with Crippen molar-refractivity contribution in [3.63, 3.8) is 0 Å². The van der Waals surface area contributed by atoms with E-state index >= 15 is 0 Å². The number of rotatable bonds is 6. The molecule has 0 bridgehead atoms. The molecule has 4 N–H and O–H groups in total. The second-order valence-electron chi connectivity index (χ2n) is 6.39. The fourth-order valence-electron chi connectivity index (χ4n) is 2.59. The lowest BCUT2D eigenvalue weighted by molar-refractivity contribution is -0.125. The van der Waals surface area contributed by atoms with Crippen LogP contribution in [-0.4, -0.2) is 22.8 Å². The third-order valence-corrected chi connectivity index (χ3v) is 4.76. The molecule has 0 fully saturated rings. The van der Waals surface area contributed by atoms with Gasteiger partial charge in [0.25, 0.3) is 0 Å². The Morgan fingerprint density at radius 1 is 1.14 bits per heavy atom. The van der Waals surface area contributed by atoms with E-state index < -0.39 is 29.5 Å². The molecule has 1 atom stereocenters. The highest BCUT2D eigenvalue weighted by Gasteiger charge is 2.18. The highest BCUT2D eigenvalue weighted by atomic mass is 32.1. The number of benzene rings is 2. The predicted octanol–water partition coefficient (Wildman–Crippen LogP) is 3.36. The average Bonchev–Trinajstić information content (AvgIpc) is 3.09. The van der Waals surface area contributed by atoms with Crippen LogP contribution in [0.5, 0.6) is 0 Å². The van der Waals surface area contributed by atoms with Gasteiger partial charge in [-0.2, -0.15) is 0 Å². The first-order chi connectivity index (χ1) is 13.8. The van der Waals surface area contributed by atoms with Gasteiger partial charge in [-0.1, -0.05) is 12.1 Å². The van der Waals surface area contributed by atoms with Crippen LogP contribution in [0.2, 0.25) is 0 Å². The third-order valence-electron chi connectivity index (χ3n) is 4.00. The van der Waals surface area contributed by atoms with Gasteiger partial charge in [0.15, 0.2) is 5.13 Å². The maximum Gasteiger partial charge on any atom is 0.248 e. The molecule has 1 heterocycles. The zero-order chi connectivity index (χ0) is 21.0. The monoisotopic (exact) mass is 416 g/mol. The molecule has 150 valence electrons. The van der Waals surface area contributed by atoms with Crippen LogP contribution in [0, 0.1) is 11.6 Å². The molecule has 0 unspecified atom stereocenters. The van der Waals surface area contributed by atoms with Gasteiger partial charge in [0, 0.05) is 22.7 Å². The number of carbonyl (C=O) groups is 2. The number of nitrogen functional groups attached to an aromatic ring is 1. The van der Waals surface area contributed by atoms with E-state index in [0.29, 0.717) is 16.5 Å². The zero-order valence-electron chi connectivity index (χ0n) is 15.4. The lowest BCUT2D eigenvalue weighted by atomic mass is 10.1. The Morgan fingerprint density at radius 3 is 2.45 bits per heavy atom. The summed E-state index contributed by atoms with van der Waals surface area (Å²) in [6.07, 6.45) is -0.245. The van der Waals surface area contributed by atoms with Crippen LogP contribution in [0.3, 0.4) is 0 Å². The number of nitrogens with two attached hydrogens (primary N) is 1. The number of nitrogens with one attached hydrogen (secondary N) is 2. The van der Waals surface area contributed by atoms with Gasteiger partial charge in [0.2, 0.25) is 11.8 Å². The van der Waals surface area contributed by atoms with Crippen molar-refractivity contribution >= 4 is 34.0 Å². The van der Waals surface area contributed by atoms with E-state index in [1.54, 1.807) is 17.5 Å². The number of amides is 2. The average molecular weight is 416 g/mol.